The Labute approximate surface area is 177 Å². The summed E-state index contributed by atoms with van der Waals surface area (Å²) in [7, 11) is -3.05. The van der Waals surface area contributed by atoms with Crippen LogP contribution in [0.4, 0.5) is 0 Å². The van der Waals surface area contributed by atoms with Gasteiger partial charge >= 0.3 is 179 Å². The number of allylic oxidation sites excluding steroid dienone is 1. The van der Waals surface area contributed by atoms with Gasteiger partial charge in [-0.25, -0.2) is 0 Å². The van der Waals surface area contributed by atoms with Gasteiger partial charge in [0.1, 0.15) is 0 Å². The van der Waals surface area contributed by atoms with Crippen molar-refractivity contribution in [1.29, 1.82) is 0 Å². The van der Waals surface area contributed by atoms with Crippen LogP contribution >= 0.6 is 0 Å². The molecule has 0 bridgehead atoms. The van der Waals surface area contributed by atoms with Crippen LogP contribution in [0, 0.1) is 37.9 Å². The van der Waals surface area contributed by atoms with E-state index in [1.807, 2.05) is 0 Å². The molecule has 0 amide bonds. The number of hydrogen-bond acceptors (Lipinski definition) is 0. The Bertz CT molecular complexity index is 670. The zero-order chi connectivity index (χ0) is 18.7. The van der Waals surface area contributed by atoms with Crippen molar-refractivity contribution in [2.45, 2.75) is 83.3 Å². The second kappa shape index (κ2) is 6.40. The van der Waals surface area contributed by atoms with Gasteiger partial charge in [0.25, 0.3) is 0 Å². The van der Waals surface area contributed by atoms with Gasteiger partial charge < -0.3 is 0 Å². The number of fused-ring (bicyclic) bond motifs is 1. The van der Waals surface area contributed by atoms with E-state index in [4.69, 9.17) is 0 Å². The Morgan fingerprint density at radius 1 is 0.833 bits per heavy atom. The Morgan fingerprint density at radius 2 is 1.33 bits per heavy atom. The SMILES string of the molecule is CC(C)(C)[Si](C)(C)C1=[C]([Gd])C([Si](C)(C)C(C)(C)C)c2ccccc21. The average molecular weight is 501 g/mol. The molecular weight excluding hydrogens is 466 g/mol. The van der Waals surface area contributed by atoms with Crippen molar-refractivity contribution in [3.05, 3.63) is 36.7 Å². The molecule has 0 spiro atoms. The molecule has 1 atom stereocenters. The normalized spacial score (nSPS) is 19.7. The molecule has 1 aromatic carbocycles. The Kier molecular flexibility index (Phi) is 5.61. The van der Waals surface area contributed by atoms with E-state index in [2.05, 4.69) is 130 Å². The summed E-state index contributed by atoms with van der Waals surface area (Å²) in [6.07, 6.45) is 0. The van der Waals surface area contributed by atoms with E-state index >= 15 is 0 Å². The van der Waals surface area contributed by atoms with Crippen LogP contribution in [0.3, 0.4) is 0 Å². The molecule has 0 fully saturated rings. The van der Waals surface area contributed by atoms with Crippen LogP contribution in [0.25, 0.3) is 5.20 Å². The first kappa shape index (κ1) is 21.0. The maximum atomic E-state index is 2.61. The molecule has 2 rings (SSSR count). The van der Waals surface area contributed by atoms with Crippen LogP contribution in [-0.4, -0.2) is 16.1 Å². The molecule has 3 heteroatoms. The molecule has 1 unspecified atom stereocenters. The molecular formula is C21H35GdSi2. The van der Waals surface area contributed by atoms with Gasteiger partial charge in [-0.2, -0.15) is 0 Å². The Hall–Kier alpha value is 0.718. The fourth-order valence-corrected chi connectivity index (χ4v) is 13.9. The van der Waals surface area contributed by atoms with Crippen LogP contribution < -0.4 is 0 Å². The molecule has 1 aromatic rings. The summed E-state index contributed by atoms with van der Waals surface area (Å²) >= 11 is 2.21. The van der Waals surface area contributed by atoms with Gasteiger partial charge in [-0.3, -0.25) is 0 Å². The molecule has 0 nitrogen and oxygen atoms in total. The molecule has 0 aromatic heterocycles. The van der Waals surface area contributed by atoms with E-state index in [0.29, 0.717) is 15.6 Å². The first-order chi connectivity index (χ1) is 10.6. The summed E-state index contributed by atoms with van der Waals surface area (Å²) in [6.45, 7) is 25.1. The first-order valence-electron chi connectivity index (χ1n) is 9.12. The topological polar surface area (TPSA) is 0 Å². The molecule has 1 aliphatic carbocycles. The molecule has 0 saturated carbocycles. The van der Waals surface area contributed by atoms with Gasteiger partial charge in [0, 0.05) is 0 Å². The van der Waals surface area contributed by atoms with Gasteiger partial charge in [-0.05, 0) is 0 Å². The summed E-state index contributed by atoms with van der Waals surface area (Å²) in [6, 6.07) is 9.33. The fourth-order valence-electron chi connectivity index (χ4n) is 3.51. The number of hydrogen-bond donors (Lipinski definition) is 0. The molecule has 135 valence electrons. The van der Waals surface area contributed by atoms with E-state index in [9.17, 15) is 0 Å². The third-order valence-corrected chi connectivity index (χ3v) is 21.0. The number of benzene rings is 1. The zero-order valence-corrected chi connectivity index (χ0v) is 21.5. The quantitative estimate of drug-likeness (QED) is 0.379. The van der Waals surface area contributed by atoms with E-state index in [1.54, 1.807) is 17.7 Å². The third-order valence-electron chi connectivity index (χ3n) is 7.17. The van der Waals surface area contributed by atoms with Gasteiger partial charge in [-0.15, -0.1) is 0 Å². The van der Waals surface area contributed by atoms with Gasteiger partial charge in [-0.1, -0.05) is 0 Å². The molecule has 0 heterocycles. The second-order valence-corrected chi connectivity index (χ2v) is 22.6. The second-order valence-electron chi connectivity index (χ2n) is 10.6. The predicted octanol–water partition coefficient (Wildman–Crippen LogP) is 7.14. The van der Waals surface area contributed by atoms with E-state index in [-0.39, 0.29) is 0 Å². The van der Waals surface area contributed by atoms with Crippen molar-refractivity contribution >= 4 is 21.3 Å². The van der Waals surface area contributed by atoms with Crippen molar-refractivity contribution in [3.63, 3.8) is 0 Å². The zero-order valence-electron chi connectivity index (χ0n) is 17.2. The summed E-state index contributed by atoms with van der Waals surface area (Å²) in [5.74, 6) is 0. The van der Waals surface area contributed by atoms with Crippen molar-refractivity contribution in [2.75, 3.05) is 0 Å². The molecule has 1 aliphatic rings. The average Bonchev–Trinajstić information content (AvgIpc) is 2.68. The number of rotatable bonds is 2. The summed E-state index contributed by atoms with van der Waals surface area (Å²) in [4.78, 5) is 0. The molecule has 0 saturated heterocycles. The monoisotopic (exact) mass is 501 g/mol. The Balaban J connectivity index is 2.78. The first-order valence-corrected chi connectivity index (χ1v) is 16.3. The minimum absolute atomic E-state index is 0.378. The van der Waals surface area contributed by atoms with Gasteiger partial charge in [0.05, 0.1) is 0 Å². The van der Waals surface area contributed by atoms with Crippen LogP contribution in [-0.2, 0) is 0 Å². The summed E-state index contributed by atoms with van der Waals surface area (Å²) < 4.78 is 1.73. The molecule has 0 radical (unpaired) electrons. The Morgan fingerprint density at radius 3 is 1.79 bits per heavy atom. The maximum absolute atomic E-state index is 2.61. The molecule has 0 aliphatic heterocycles. The molecule has 0 N–H and O–H groups in total. The van der Waals surface area contributed by atoms with Crippen LogP contribution in [0.2, 0.25) is 36.3 Å². The predicted molar refractivity (Wildman–Crippen MR) is 110 cm³/mol. The van der Waals surface area contributed by atoms with Crippen LogP contribution in [0.5, 0.6) is 0 Å². The van der Waals surface area contributed by atoms with Crippen LogP contribution in [0.1, 0.15) is 58.2 Å². The van der Waals surface area contributed by atoms with E-state index in [0.717, 1.165) is 0 Å². The third kappa shape index (κ3) is 3.22. The fraction of sp³-hybridized carbons (Fsp3) is 0.619. The van der Waals surface area contributed by atoms with Gasteiger partial charge in [0.2, 0.25) is 0 Å². The van der Waals surface area contributed by atoms with Crippen molar-refractivity contribution in [3.8, 4) is 0 Å². The molecule has 24 heavy (non-hydrogen) atoms. The van der Waals surface area contributed by atoms with Gasteiger partial charge in [0.15, 0.2) is 0 Å². The summed E-state index contributed by atoms with van der Waals surface area (Å²) in [5, 5.41) is 2.54. The minimum atomic E-state index is -1.56. The van der Waals surface area contributed by atoms with E-state index in [1.165, 1.54) is 0 Å². The summed E-state index contributed by atoms with van der Waals surface area (Å²) in [5.41, 5.74) is 3.90. The van der Waals surface area contributed by atoms with E-state index < -0.39 is 16.1 Å². The van der Waals surface area contributed by atoms with Crippen molar-refractivity contribution in [2.24, 2.45) is 0 Å². The van der Waals surface area contributed by atoms with Crippen molar-refractivity contribution < 1.29 is 37.9 Å². The van der Waals surface area contributed by atoms with Crippen molar-refractivity contribution in [1.82, 2.24) is 0 Å². The standard InChI is InChI=1S/C21H35Si2.Gd/c1-20(2,3)22(7,8)18-15-19(23(9,10)21(4,5)6)17-14-12-11-13-16(17)18;/h11-14,18H,1-10H3;. The van der Waals surface area contributed by atoms with Crippen LogP contribution in [0.15, 0.2) is 25.6 Å².